The Bertz CT molecular complexity index is 1570. The van der Waals surface area contributed by atoms with Gasteiger partial charge in [-0.1, -0.05) is 6.07 Å². The van der Waals surface area contributed by atoms with Gasteiger partial charge in [-0.25, -0.2) is 0 Å². The van der Waals surface area contributed by atoms with E-state index >= 15 is 0 Å². The molecule has 26 heavy (non-hydrogen) atoms. The van der Waals surface area contributed by atoms with Crippen molar-refractivity contribution in [3.8, 4) is 0 Å². The largest absolute Gasteiger partial charge is 0.295 e. The first-order chi connectivity index (χ1) is 12.2. The van der Waals surface area contributed by atoms with Crippen LogP contribution < -0.4 is 0 Å². The Morgan fingerprint density at radius 2 is 1.50 bits per heavy atom. The number of hydrogen-bond acceptors (Lipinski definition) is 6. The maximum atomic E-state index is 12.0. The van der Waals surface area contributed by atoms with E-state index in [1.807, 2.05) is 10.8 Å². The molecule has 6 nitrogen and oxygen atoms in total. The molecular formula is C16H8O6S4. The molecule has 2 N–H and O–H groups in total. The van der Waals surface area contributed by atoms with Crippen molar-refractivity contribution in [2.45, 2.75) is 9.79 Å². The first-order valence-electron chi connectivity index (χ1n) is 7.21. The zero-order valence-electron chi connectivity index (χ0n) is 12.6. The van der Waals surface area contributed by atoms with E-state index < -0.39 is 20.2 Å². The predicted molar refractivity (Wildman–Crippen MR) is 103 cm³/mol. The van der Waals surface area contributed by atoms with Crippen molar-refractivity contribution in [2.75, 3.05) is 0 Å². The second-order valence-electron chi connectivity index (χ2n) is 5.92. The molecule has 5 rings (SSSR count). The smallest absolute Gasteiger partial charge is 0.282 e. The van der Waals surface area contributed by atoms with Gasteiger partial charge in [0.05, 0.1) is 4.90 Å². The summed E-state index contributed by atoms with van der Waals surface area (Å²) in [5.41, 5.74) is 0. The lowest BCUT2D eigenvalue weighted by Gasteiger charge is -2.07. The zero-order valence-corrected chi connectivity index (χ0v) is 15.9. The summed E-state index contributed by atoms with van der Waals surface area (Å²) in [5, 5.41) is 7.79. The Hall–Kier alpha value is -1.82. The van der Waals surface area contributed by atoms with E-state index in [0.29, 0.717) is 15.5 Å². The van der Waals surface area contributed by atoms with Crippen LogP contribution in [0.1, 0.15) is 0 Å². The van der Waals surface area contributed by atoms with Crippen molar-refractivity contribution in [1.29, 1.82) is 0 Å². The standard InChI is InChI=1S/C16H8O6S4/c17-25(18,19)8-1-2-9-10(4-8)16-14-12(26(20,21)22)3-7-5-23-6-11(7)13(14)15(9)24-16/h1-6H,(H,17,18,19)(H,20,21,22). The minimum atomic E-state index is -4.47. The van der Waals surface area contributed by atoms with Crippen molar-refractivity contribution >= 4 is 84.6 Å². The summed E-state index contributed by atoms with van der Waals surface area (Å²) in [7, 11) is -8.85. The second kappa shape index (κ2) is 4.91. The van der Waals surface area contributed by atoms with Gasteiger partial charge in [0.25, 0.3) is 20.2 Å². The molecule has 0 aliphatic heterocycles. The second-order valence-corrected chi connectivity index (χ2v) is 10.5. The van der Waals surface area contributed by atoms with Gasteiger partial charge in [0.15, 0.2) is 0 Å². The lowest BCUT2D eigenvalue weighted by atomic mass is 10.0. The molecule has 0 saturated heterocycles. The number of benzene rings is 3. The van der Waals surface area contributed by atoms with Crippen molar-refractivity contribution < 1.29 is 25.9 Å². The number of fused-ring (bicyclic) bond motifs is 10. The molecule has 0 fully saturated rings. The molecule has 0 amide bonds. The zero-order chi connectivity index (χ0) is 18.4. The van der Waals surface area contributed by atoms with E-state index in [4.69, 9.17) is 0 Å². The van der Waals surface area contributed by atoms with Crippen LogP contribution in [-0.4, -0.2) is 25.9 Å². The Labute approximate surface area is 155 Å². The maximum absolute atomic E-state index is 12.0. The average molecular weight is 425 g/mol. The van der Waals surface area contributed by atoms with Crippen LogP contribution in [0.25, 0.3) is 41.7 Å². The van der Waals surface area contributed by atoms with Gasteiger partial charge in [-0.3, -0.25) is 9.11 Å². The van der Waals surface area contributed by atoms with Crippen LogP contribution in [0.15, 0.2) is 44.8 Å². The SMILES string of the molecule is O=S(=O)(O)c1ccc2c(c1)c1sc2c2c3cscc3cc(S(=O)(=O)O)c12. The average Bonchev–Trinajstić information content (AvgIpc) is 3.24. The molecule has 2 bridgehead atoms. The van der Waals surface area contributed by atoms with Gasteiger partial charge >= 0.3 is 0 Å². The van der Waals surface area contributed by atoms with Gasteiger partial charge in [0.1, 0.15) is 4.90 Å². The highest BCUT2D eigenvalue weighted by atomic mass is 32.2. The summed E-state index contributed by atoms with van der Waals surface area (Å²) in [6.45, 7) is 0. The van der Waals surface area contributed by atoms with Crippen LogP contribution in [0.2, 0.25) is 0 Å². The molecule has 0 saturated carbocycles. The maximum Gasteiger partial charge on any atom is 0.295 e. The molecule has 3 heterocycles. The Morgan fingerprint density at radius 3 is 2.19 bits per heavy atom. The van der Waals surface area contributed by atoms with E-state index in [0.717, 1.165) is 26.2 Å². The fourth-order valence-corrected chi connectivity index (χ4v) is 6.92. The van der Waals surface area contributed by atoms with Gasteiger partial charge in [0.2, 0.25) is 0 Å². The monoisotopic (exact) mass is 424 g/mol. The van der Waals surface area contributed by atoms with Crippen LogP contribution in [0, 0.1) is 0 Å². The summed E-state index contributed by atoms with van der Waals surface area (Å²) in [6, 6.07) is 5.69. The van der Waals surface area contributed by atoms with Crippen LogP contribution in [0.3, 0.4) is 0 Å². The lowest BCUT2D eigenvalue weighted by Crippen LogP contribution is -1.99. The fraction of sp³-hybridized carbons (Fsp3) is 0. The predicted octanol–water partition coefficient (Wildman–Crippen LogP) is 4.35. The molecule has 10 heteroatoms. The van der Waals surface area contributed by atoms with Gasteiger partial charge in [-0.15, -0.1) is 11.3 Å². The fourth-order valence-electron chi connectivity index (χ4n) is 3.41. The van der Waals surface area contributed by atoms with Crippen LogP contribution in [-0.2, 0) is 20.2 Å². The summed E-state index contributed by atoms with van der Waals surface area (Å²) < 4.78 is 67.2. The van der Waals surface area contributed by atoms with Gasteiger partial charge in [0, 0.05) is 36.3 Å². The Balaban J connectivity index is 2.09. The summed E-state index contributed by atoms with van der Waals surface area (Å²) in [5.74, 6) is 0. The van der Waals surface area contributed by atoms with Crippen molar-refractivity contribution in [3.05, 3.63) is 35.0 Å². The van der Waals surface area contributed by atoms with E-state index in [1.165, 1.54) is 40.9 Å². The molecule has 5 aromatic rings. The van der Waals surface area contributed by atoms with Crippen LogP contribution >= 0.6 is 22.7 Å². The first-order valence-corrected chi connectivity index (χ1v) is 11.9. The first kappa shape index (κ1) is 16.4. The molecule has 0 unspecified atom stereocenters. The van der Waals surface area contributed by atoms with E-state index in [9.17, 15) is 25.9 Å². The van der Waals surface area contributed by atoms with Crippen molar-refractivity contribution in [3.63, 3.8) is 0 Å². The molecule has 0 spiro atoms. The van der Waals surface area contributed by atoms with Crippen molar-refractivity contribution in [1.82, 2.24) is 0 Å². The highest BCUT2D eigenvalue weighted by Crippen LogP contribution is 2.50. The highest BCUT2D eigenvalue weighted by molar-refractivity contribution is 7.86. The molecule has 132 valence electrons. The van der Waals surface area contributed by atoms with E-state index in [1.54, 1.807) is 6.07 Å². The minimum absolute atomic E-state index is 0.196. The van der Waals surface area contributed by atoms with Crippen LogP contribution in [0.4, 0.5) is 0 Å². The summed E-state index contributed by atoms with van der Waals surface area (Å²) in [6.07, 6.45) is 0. The van der Waals surface area contributed by atoms with Crippen LogP contribution in [0.5, 0.6) is 0 Å². The Kier molecular flexibility index (Phi) is 3.09. The number of hydrogen-bond donors (Lipinski definition) is 2. The molecule has 3 aromatic heterocycles. The number of rotatable bonds is 2. The molecule has 0 aliphatic carbocycles. The lowest BCUT2D eigenvalue weighted by molar-refractivity contribution is 0.481. The van der Waals surface area contributed by atoms with Crippen molar-refractivity contribution in [2.24, 2.45) is 0 Å². The third kappa shape index (κ3) is 2.08. The summed E-state index contributed by atoms with van der Waals surface area (Å²) in [4.78, 5) is -0.456. The molecule has 0 radical (unpaired) electrons. The van der Waals surface area contributed by atoms with Gasteiger partial charge < -0.3 is 0 Å². The van der Waals surface area contributed by atoms with E-state index in [2.05, 4.69) is 0 Å². The normalized spacial score (nSPS) is 13.6. The summed E-state index contributed by atoms with van der Waals surface area (Å²) >= 11 is 2.77. The third-order valence-electron chi connectivity index (χ3n) is 4.46. The minimum Gasteiger partial charge on any atom is -0.282 e. The van der Waals surface area contributed by atoms with Gasteiger partial charge in [-0.2, -0.15) is 28.2 Å². The molecule has 0 atom stereocenters. The quantitative estimate of drug-likeness (QED) is 0.322. The number of thiophene rings is 3. The van der Waals surface area contributed by atoms with E-state index in [-0.39, 0.29) is 9.79 Å². The molecule has 2 aromatic carbocycles. The molecule has 0 aliphatic rings. The Morgan fingerprint density at radius 1 is 0.769 bits per heavy atom. The third-order valence-corrected chi connectivity index (χ3v) is 8.20. The highest BCUT2D eigenvalue weighted by Gasteiger charge is 2.26. The topological polar surface area (TPSA) is 109 Å². The van der Waals surface area contributed by atoms with Gasteiger partial charge in [-0.05, 0) is 34.3 Å². The molecular weight excluding hydrogens is 416 g/mol.